The standard InChI is InChI=1S/C15H19N3O2S/c1-15(2)9-8-13-16-17-14(18(13)10-15)11-4-6-12(7-5-11)21(3,19)20/h4-7H,8-10H2,1-3H3. The molecule has 6 heteroatoms. The van der Waals surface area contributed by atoms with Crippen LogP contribution >= 0.6 is 0 Å². The van der Waals surface area contributed by atoms with Gasteiger partial charge in [-0.25, -0.2) is 8.42 Å². The Hall–Kier alpha value is -1.69. The Kier molecular flexibility index (Phi) is 3.16. The SMILES string of the molecule is CC1(C)CCc2nnc(-c3ccc(S(C)(=O)=O)cc3)n2C1. The largest absolute Gasteiger partial charge is 0.310 e. The van der Waals surface area contributed by atoms with Crippen LogP contribution in [0.15, 0.2) is 29.2 Å². The highest BCUT2D eigenvalue weighted by Gasteiger charge is 2.28. The van der Waals surface area contributed by atoms with Crippen LogP contribution in [0.4, 0.5) is 0 Å². The summed E-state index contributed by atoms with van der Waals surface area (Å²) >= 11 is 0. The molecule has 2 heterocycles. The molecule has 0 saturated heterocycles. The fraction of sp³-hybridized carbons (Fsp3) is 0.467. The van der Waals surface area contributed by atoms with E-state index in [4.69, 9.17) is 0 Å². The number of nitrogens with zero attached hydrogens (tertiary/aromatic N) is 3. The molecule has 0 fully saturated rings. The van der Waals surface area contributed by atoms with Gasteiger partial charge in [0.2, 0.25) is 0 Å². The van der Waals surface area contributed by atoms with Gasteiger partial charge >= 0.3 is 0 Å². The van der Waals surface area contributed by atoms with E-state index in [0.717, 1.165) is 36.6 Å². The average Bonchev–Trinajstić information content (AvgIpc) is 2.79. The normalized spacial score (nSPS) is 17.5. The number of aromatic nitrogens is 3. The number of rotatable bonds is 2. The van der Waals surface area contributed by atoms with Crippen molar-refractivity contribution >= 4 is 9.84 Å². The van der Waals surface area contributed by atoms with Gasteiger partial charge < -0.3 is 4.57 Å². The lowest BCUT2D eigenvalue weighted by Crippen LogP contribution is -2.27. The van der Waals surface area contributed by atoms with E-state index < -0.39 is 9.84 Å². The lowest BCUT2D eigenvalue weighted by molar-refractivity contribution is 0.248. The van der Waals surface area contributed by atoms with Crippen LogP contribution in [0.2, 0.25) is 0 Å². The van der Waals surface area contributed by atoms with Crippen molar-refractivity contribution in [2.45, 2.75) is 38.1 Å². The molecule has 0 spiro atoms. The van der Waals surface area contributed by atoms with Gasteiger partial charge in [-0.15, -0.1) is 10.2 Å². The second kappa shape index (κ2) is 4.66. The first-order valence-corrected chi connectivity index (χ1v) is 8.88. The summed E-state index contributed by atoms with van der Waals surface area (Å²) in [5.74, 6) is 1.83. The predicted octanol–water partition coefficient (Wildman–Crippen LogP) is 2.32. The molecular formula is C15H19N3O2S. The summed E-state index contributed by atoms with van der Waals surface area (Å²) in [6.07, 6.45) is 3.25. The van der Waals surface area contributed by atoms with Gasteiger partial charge in [0, 0.05) is 24.8 Å². The zero-order chi connectivity index (χ0) is 15.3. The summed E-state index contributed by atoms with van der Waals surface area (Å²) in [5.41, 5.74) is 1.13. The Balaban J connectivity index is 2.01. The number of benzene rings is 1. The third kappa shape index (κ3) is 2.72. The van der Waals surface area contributed by atoms with Crippen molar-refractivity contribution in [3.63, 3.8) is 0 Å². The highest BCUT2D eigenvalue weighted by Crippen LogP contribution is 2.33. The van der Waals surface area contributed by atoms with E-state index in [-0.39, 0.29) is 5.41 Å². The molecule has 0 aliphatic carbocycles. The van der Waals surface area contributed by atoms with E-state index in [1.165, 1.54) is 6.26 Å². The molecule has 112 valence electrons. The third-order valence-electron chi connectivity index (χ3n) is 3.98. The second-order valence-electron chi connectivity index (χ2n) is 6.49. The molecule has 0 bridgehead atoms. The molecule has 21 heavy (non-hydrogen) atoms. The van der Waals surface area contributed by atoms with Crippen LogP contribution in [0.3, 0.4) is 0 Å². The highest BCUT2D eigenvalue weighted by molar-refractivity contribution is 7.90. The van der Waals surface area contributed by atoms with Crippen LogP contribution in [0.1, 0.15) is 26.1 Å². The smallest absolute Gasteiger partial charge is 0.175 e. The predicted molar refractivity (Wildman–Crippen MR) is 80.7 cm³/mol. The number of hydrogen-bond donors (Lipinski definition) is 0. The first kappa shape index (κ1) is 14.3. The number of aryl methyl sites for hydroxylation is 1. The maximum absolute atomic E-state index is 11.5. The van der Waals surface area contributed by atoms with Crippen molar-refractivity contribution in [3.8, 4) is 11.4 Å². The summed E-state index contributed by atoms with van der Waals surface area (Å²) in [6.45, 7) is 5.37. The Morgan fingerprint density at radius 2 is 1.81 bits per heavy atom. The fourth-order valence-electron chi connectivity index (χ4n) is 2.71. The van der Waals surface area contributed by atoms with Gasteiger partial charge in [0.25, 0.3) is 0 Å². The summed E-state index contributed by atoms with van der Waals surface area (Å²) in [4.78, 5) is 0.324. The summed E-state index contributed by atoms with van der Waals surface area (Å²) in [7, 11) is -3.17. The minimum atomic E-state index is -3.17. The molecule has 3 rings (SSSR count). The van der Waals surface area contributed by atoms with Gasteiger partial charge in [-0.2, -0.15) is 0 Å². The molecule has 1 aromatic heterocycles. The van der Waals surface area contributed by atoms with Crippen LogP contribution in [-0.4, -0.2) is 29.4 Å². The van der Waals surface area contributed by atoms with Crippen LogP contribution in [0.5, 0.6) is 0 Å². The minimum Gasteiger partial charge on any atom is -0.310 e. The highest BCUT2D eigenvalue weighted by atomic mass is 32.2. The number of fused-ring (bicyclic) bond motifs is 1. The quantitative estimate of drug-likeness (QED) is 0.854. The van der Waals surface area contributed by atoms with Crippen LogP contribution in [0.25, 0.3) is 11.4 Å². The maximum atomic E-state index is 11.5. The molecule has 0 saturated carbocycles. The zero-order valence-electron chi connectivity index (χ0n) is 12.5. The van der Waals surface area contributed by atoms with E-state index in [1.807, 2.05) is 0 Å². The monoisotopic (exact) mass is 305 g/mol. The lowest BCUT2D eigenvalue weighted by Gasteiger charge is -2.30. The third-order valence-corrected chi connectivity index (χ3v) is 5.11. The molecule has 5 nitrogen and oxygen atoms in total. The molecule has 1 aromatic carbocycles. The summed E-state index contributed by atoms with van der Waals surface area (Å²) < 4.78 is 25.2. The molecule has 1 aliphatic rings. The maximum Gasteiger partial charge on any atom is 0.175 e. The topological polar surface area (TPSA) is 64.8 Å². The first-order chi connectivity index (χ1) is 9.76. The van der Waals surface area contributed by atoms with E-state index >= 15 is 0 Å². The lowest BCUT2D eigenvalue weighted by atomic mass is 9.85. The van der Waals surface area contributed by atoms with Crippen LogP contribution < -0.4 is 0 Å². The van der Waals surface area contributed by atoms with Gasteiger partial charge in [-0.05, 0) is 36.1 Å². The van der Waals surface area contributed by atoms with Crippen molar-refractivity contribution in [1.82, 2.24) is 14.8 Å². The molecule has 0 unspecified atom stereocenters. The molecular weight excluding hydrogens is 286 g/mol. The first-order valence-electron chi connectivity index (χ1n) is 6.99. The Morgan fingerprint density at radius 3 is 2.43 bits per heavy atom. The Labute approximate surface area is 124 Å². The van der Waals surface area contributed by atoms with Crippen LogP contribution in [0, 0.1) is 5.41 Å². The van der Waals surface area contributed by atoms with Crippen molar-refractivity contribution < 1.29 is 8.42 Å². The van der Waals surface area contributed by atoms with Gasteiger partial charge in [0.05, 0.1) is 4.90 Å². The molecule has 0 amide bonds. The van der Waals surface area contributed by atoms with Crippen molar-refractivity contribution in [2.75, 3.05) is 6.26 Å². The van der Waals surface area contributed by atoms with E-state index in [1.54, 1.807) is 24.3 Å². The zero-order valence-corrected chi connectivity index (χ0v) is 13.3. The van der Waals surface area contributed by atoms with Gasteiger partial charge in [0.15, 0.2) is 15.7 Å². The van der Waals surface area contributed by atoms with E-state index in [2.05, 4.69) is 28.6 Å². The number of hydrogen-bond acceptors (Lipinski definition) is 4. The van der Waals surface area contributed by atoms with Gasteiger partial charge in [0.1, 0.15) is 5.82 Å². The fourth-order valence-corrected chi connectivity index (χ4v) is 3.34. The van der Waals surface area contributed by atoms with E-state index in [9.17, 15) is 8.42 Å². The second-order valence-corrected chi connectivity index (χ2v) is 8.50. The van der Waals surface area contributed by atoms with Crippen LogP contribution in [-0.2, 0) is 22.8 Å². The Bertz CT molecular complexity index is 774. The van der Waals surface area contributed by atoms with Crippen molar-refractivity contribution in [3.05, 3.63) is 30.1 Å². The van der Waals surface area contributed by atoms with Crippen molar-refractivity contribution in [1.29, 1.82) is 0 Å². The average molecular weight is 305 g/mol. The minimum absolute atomic E-state index is 0.233. The summed E-state index contributed by atoms with van der Waals surface area (Å²) in [5, 5.41) is 8.55. The molecule has 0 N–H and O–H groups in total. The van der Waals surface area contributed by atoms with Crippen molar-refractivity contribution in [2.24, 2.45) is 5.41 Å². The molecule has 2 aromatic rings. The molecule has 0 radical (unpaired) electrons. The van der Waals surface area contributed by atoms with E-state index in [0.29, 0.717) is 4.90 Å². The summed E-state index contributed by atoms with van der Waals surface area (Å²) in [6, 6.07) is 6.85. The molecule has 0 atom stereocenters. The molecule has 1 aliphatic heterocycles. The van der Waals surface area contributed by atoms with Gasteiger partial charge in [-0.1, -0.05) is 13.8 Å². The Morgan fingerprint density at radius 1 is 1.14 bits per heavy atom. The van der Waals surface area contributed by atoms with Gasteiger partial charge in [-0.3, -0.25) is 0 Å². The number of sulfone groups is 1.